The van der Waals surface area contributed by atoms with Gasteiger partial charge < -0.3 is 14.5 Å². The Morgan fingerprint density at radius 1 is 0.850 bits per heavy atom. The number of ether oxygens (including phenoxy) is 2. The molecule has 0 aliphatic heterocycles. The lowest BCUT2D eigenvalue weighted by molar-refractivity contribution is 0.0729. The summed E-state index contributed by atoms with van der Waals surface area (Å²) >= 11 is 0. The summed E-state index contributed by atoms with van der Waals surface area (Å²) in [6.45, 7) is 5.98. The van der Waals surface area contributed by atoms with E-state index in [9.17, 15) is 9.59 Å². The van der Waals surface area contributed by atoms with Crippen LogP contribution in [0.1, 0.15) is 43.1 Å². The maximum absolute atomic E-state index is 13.3. The van der Waals surface area contributed by atoms with Crippen molar-refractivity contribution in [1.82, 2.24) is 10.4 Å². The number of nitrogens with zero attached hydrogens (tertiary/aromatic N) is 1. The Morgan fingerprint density at radius 3 is 2.40 bits per heavy atom. The van der Waals surface area contributed by atoms with E-state index in [0.717, 1.165) is 38.7 Å². The number of H-pyrrole nitrogens is 1. The molecular formula is C33H29N3O4. The summed E-state index contributed by atoms with van der Waals surface area (Å²) in [4.78, 5) is 29.2. The number of benzene rings is 4. The average Bonchev–Trinajstić information content (AvgIpc) is 3.34. The Bertz CT molecular complexity index is 1750. The number of carbonyl (C=O) groups is 2. The number of hydrazone groups is 1. The zero-order valence-corrected chi connectivity index (χ0v) is 22.7. The van der Waals surface area contributed by atoms with Gasteiger partial charge in [0.1, 0.15) is 5.69 Å². The average molecular weight is 532 g/mol. The fourth-order valence-electron chi connectivity index (χ4n) is 4.73. The molecule has 0 spiro atoms. The molecule has 0 radical (unpaired) electrons. The standard InChI is InChI=1S/C33H29N3O4/c1-20-9-8-12-25(16-20)33(38)40-27-14-13-23(18-28(27)39-4)19-34-36-32(37)31-29(24-10-6-5-7-11-24)26-17-21(2)15-22(3)30(26)35-31/h5-19,35H,1-4H3,(H,36,37). The highest BCUT2D eigenvalue weighted by atomic mass is 16.6. The molecule has 7 heteroatoms. The molecule has 2 N–H and O–H groups in total. The van der Waals surface area contributed by atoms with Gasteiger partial charge in [-0.15, -0.1) is 0 Å². The van der Waals surface area contributed by atoms with E-state index in [1.54, 1.807) is 36.4 Å². The van der Waals surface area contributed by atoms with Crippen molar-refractivity contribution in [2.45, 2.75) is 20.8 Å². The van der Waals surface area contributed by atoms with Crippen LogP contribution in [0, 0.1) is 20.8 Å². The molecule has 0 unspecified atom stereocenters. The number of aromatic nitrogens is 1. The topological polar surface area (TPSA) is 92.8 Å². The molecule has 40 heavy (non-hydrogen) atoms. The first-order valence-electron chi connectivity index (χ1n) is 12.8. The van der Waals surface area contributed by atoms with E-state index in [0.29, 0.717) is 22.6 Å². The van der Waals surface area contributed by atoms with Crippen molar-refractivity contribution in [3.05, 3.63) is 118 Å². The first-order chi connectivity index (χ1) is 19.3. The molecule has 0 saturated heterocycles. The van der Waals surface area contributed by atoms with Crippen LogP contribution in [0.15, 0.2) is 90.0 Å². The first-order valence-corrected chi connectivity index (χ1v) is 12.8. The lowest BCUT2D eigenvalue weighted by Crippen LogP contribution is -2.18. The highest BCUT2D eigenvalue weighted by Gasteiger charge is 2.20. The van der Waals surface area contributed by atoms with Crippen molar-refractivity contribution < 1.29 is 19.1 Å². The number of fused-ring (bicyclic) bond motifs is 1. The molecule has 0 bridgehead atoms. The fraction of sp³-hybridized carbons (Fsp3) is 0.121. The van der Waals surface area contributed by atoms with Crippen LogP contribution in [0.2, 0.25) is 0 Å². The van der Waals surface area contributed by atoms with Gasteiger partial charge in [0.2, 0.25) is 0 Å². The third-order valence-electron chi connectivity index (χ3n) is 6.56. The quantitative estimate of drug-likeness (QED) is 0.105. The zero-order chi connectivity index (χ0) is 28.2. The lowest BCUT2D eigenvalue weighted by Gasteiger charge is -2.10. The number of amides is 1. The van der Waals surface area contributed by atoms with Crippen molar-refractivity contribution in [3.63, 3.8) is 0 Å². The van der Waals surface area contributed by atoms with Crippen LogP contribution in [0.4, 0.5) is 0 Å². The summed E-state index contributed by atoms with van der Waals surface area (Å²) in [7, 11) is 1.49. The predicted octanol–water partition coefficient (Wildman–Crippen LogP) is 6.75. The summed E-state index contributed by atoms with van der Waals surface area (Å²) in [6, 6.07) is 26.2. The molecule has 1 amide bonds. The Kier molecular flexibility index (Phi) is 7.46. The minimum atomic E-state index is -0.478. The van der Waals surface area contributed by atoms with Gasteiger partial charge in [0.05, 0.1) is 18.9 Å². The van der Waals surface area contributed by atoms with Crippen molar-refractivity contribution in [1.29, 1.82) is 0 Å². The molecule has 0 saturated carbocycles. The highest BCUT2D eigenvalue weighted by molar-refractivity contribution is 6.10. The normalized spacial score (nSPS) is 11.1. The molecule has 7 nitrogen and oxygen atoms in total. The summed E-state index contributed by atoms with van der Waals surface area (Å²) in [5.41, 5.74) is 10.00. The number of nitrogens with one attached hydrogen (secondary N) is 2. The summed E-state index contributed by atoms with van der Waals surface area (Å²) in [6.07, 6.45) is 1.51. The first kappa shape index (κ1) is 26.4. The van der Waals surface area contributed by atoms with Crippen molar-refractivity contribution in [3.8, 4) is 22.6 Å². The second-order valence-corrected chi connectivity index (χ2v) is 9.61. The van der Waals surface area contributed by atoms with Crippen LogP contribution in [-0.2, 0) is 0 Å². The molecule has 0 atom stereocenters. The molecule has 5 rings (SSSR count). The molecule has 1 aromatic heterocycles. The molecule has 4 aromatic carbocycles. The molecule has 0 fully saturated rings. The number of aryl methyl sites for hydroxylation is 3. The van der Waals surface area contributed by atoms with Gasteiger partial charge in [-0.2, -0.15) is 5.10 Å². The lowest BCUT2D eigenvalue weighted by atomic mass is 9.99. The van der Waals surface area contributed by atoms with Gasteiger partial charge in [-0.05, 0) is 73.9 Å². The number of carbonyl (C=O) groups excluding carboxylic acids is 2. The Labute approximate surface area is 232 Å². The molecule has 1 heterocycles. The number of hydrogen-bond acceptors (Lipinski definition) is 5. The largest absolute Gasteiger partial charge is 0.493 e. The van der Waals surface area contributed by atoms with Gasteiger partial charge in [-0.25, -0.2) is 10.2 Å². The fourth-order valence-corrected chi connectivity index (χ4v) is 4.73. The van der Waals surface area contributed by atoms with Gasteiger partial charge in [-0.3, -0.25) is 4.79 Å². The zero-order valence-electron chi connectivity index (χ0n) is 22.7. The maximum atomic E-state index is 13.3. The number of methoxy groups -OCH3 is 1. The van der Waals surface area contributed by atoms with Crippen LogP contribution in [0.5, 0.6) is 11.5 Å². The minimum Gasteiger partial charge on any atom is -0.493 e. The number of aromatic amines is 1. The summed E-state index contributed by atoms with van der Waals surface area (Å²) in [5.74, 6) is -0.191. The van der Waals surface area contributed by atoms with E-state index in [-0.39, 0.29) is 11.7 Å². The third kappa shape index (κ3) is 5.49. The molecule has 5 aromatic rings. The van der Waals surface area contributed by atoms with Gasteiger partial charge in [0, 0.05) is 16.5 Å². The SMILES string of the molecule is COc1cc(C=NNC(=O)c2[nH]c3c(C)cc(C)cc3c2-c2ccccc2)ccc1OC(=O)c1cccc(C)c1. The van der Waals surface area contributed by atoms with Gasteiger partial charge in [-0.1, -0.05) is 59.7 Å². The Morgan fingerprint density at radius 2 is 1.65 bits per heavy atom. The van der Waals surface area contributed by atoms with Crippen LogP contribution in [-0.4, -0.2) is 30.2 Å². The predicted molar refractivity (Wildman–Crippen MR) is 157 cm³/mol. The monoisotopic (exact) mass is 531 g/mol. The number of rotatable bonds is 7. The van der Waals surface area contributed by atoms with Crippen LogP contribution in [0.25, 0.3) is 22.0 Å². The van der Waals surface area contributed by atoms with E-state index in [4.69, 9.17) is 9.47 Å². The third-order valence-corrected chi connectivity index (χ3v) is 6.56. The highest BCUT2D eigenvalue weighted by Crippen LogP contribution is 2.35. The maximum Gasteiger partial charge on any atom is 0.343 e. The van der Waals surface area contributed by atoms with Gasteiger partial charge in [0.15, 0.2) is 11.5 Å². The number of esters is 1. The second-order valence-electron chi connectivity index (χ2n) is 9.61. The van der Waals surface area contributed by atoms with Crippen molar-refractivity contribution in [2.75, 3.05) is 7.11 Å². The second kappa shape index (κ2) is 11.3. The van der Waals surface area contributed by atoms with Crippen molar-refractivity contribution in [2.24, 2.45) is 5.10 Å². The van der Waals surface area contributed by atoms with E-state index < -0.39 is 5.97 Å². The van der Waals surface area contributed by atoms with Gasteiger partial charge >= 0.3 is 5.97 Å². The van der Waals surface area contributed by atoms with Crippen LogP contribution < -0.4 is 14.9 Å². The Hall–Kier alpha value is -5.17. The van der Waals surface area contributed by atoms with Crippen molar-refractivity contribution >= 4 is 29.0 Å². The molecule has 200 valence electrons. The summed E-state index contributed by atoms with van der Waals surface area (Å²) < 4.78 is 11.0. The number of hydrogen-bond donors (Lipinski definition) is 2. The van der Waals surface area contributed by atoms with Crippen LogP contribution in [0.3, 0.4) is 0 Å². The van der Waals surface area contributed by atoms with Gasteiger partial charge in [0.25, 0.3) is 5.91 Å². The van der Waals surface area contributed by atoms with Crippen LogP contribution >= 0.6 is 0 Å². The summed E-state index contributed by atoms with van der Waals surface area (Å²) in [5, 5.41) is 5.16. The minimum absolute atomic E-state index is 0.284. The Balaban J connectivity index is 1.37. The van der Waals surface area contributed by atoms with E-state index in [2.05, 4.69) is 27.6 Å². The molecular weight excluding hydrogens is 502 g/mol. The van der Waals surface area contributed by atoms with E-state index in [1.807, 2.05) is 57.2 Å². The molecule has 0 aliphatic rings. The van der Waals surface area contributed by atoms with E-state index in [1.165, 1.54) is 13.3 Å². The molecule has 0 aliphatic carbocycles. The smallest absolute Gasteiger partial charge is 0.343 e. The van der Waals surface area contributed by atoms with E-state index >= 15 is 0 Å².